The minimum atomic E-state index is 0.540. The van der Waals surface area contributed by atoms with Crippen molar-refractivity contribution in [3.8, 4) is 5.75 Å². The standard InChI is InChI=1S/C15H22ClNO/c1-11(2)8-17-9-13-7-14(16)5-6-15(13)18-10-12(3)4/h5-7,11,17H,3,8-10H2,1-2,4H3. The van der Waals surface area contributed by atoms with Gasteiger partial charge in [0.1, 0.15) is 12.4 Å². The van der Waals surface area contributed by atoms with Gasteiger partial charge < -0.3 is 10.1 Å². The van der Waals surface area contributed by atoms with E-state index in [0.717, 1.165) is 35.0 Å². The fraction of sp³-hybridized carbons (Fsp3) is 0.467. The maximum atomic E-state index is 6.02. The Morgan fingerprint density at radius 2 is 2.17 bits per heavy atom. The summed E-state index contributed by atoms with van der Waals surface area (Å²) in [6.07, 6.45) is 0. The molecule has 0 atom stereocenters. The molecule has 1 N–H and O–H groups in total. The fourth-order valence-corrected chi connectivity index (χ4v) is 1.72. The van der Waals surface area contributed by atoms with Crippen LogP contribution in [0.5, 0.6) is 5.75 Å². The van der Waals surface area contributed by atoms with Gasteiger partial charge in [0.05, 0.1) is 0 Å². The Bertz CT molecular complexity index is 401. The van der Waals surface area contributed by atoms with Gasteiger partial charge in [-0.25, -0.2) is 0 Å². The van der Waals surface area contributed by atoms with Crippen molar-refractivity contribution in [2.45, 2.75) is 27.3 Å². The van der Waals surface area contributed by atoms with Crippen LogP contribution in [0.2, 0.25) is 5.02 Å². The Balaban J connectivity index is 2.67. The van der Waals surface area contributed by atoms with Gasteiger partial charge in [-0.15, -0.1) is 0 Å². The summed E-state index contributed by atoms with van der Waals surface area (Å²) in [5, 5.41) is 4.13. The second kappa shape index (κ2) is 7.45. The van der Waals surface area contributed by atoms with Crippen LogP contribution in [0.25, 0.3) is 0 Å². The Labute approximate surface area is 115 Å². The number of ether oxygens (including phenoxy) is 1. The highest BCUT2D eigenvalue weighted by molar-refractivity contribution is 6.30. The summed E-state index contributed by atoms with van der Waals surface area (Å²) in [7, 11) is 0. The number of benzene rings is 1. The van der Waals surface area contributed by atoms with Crippen molar-refractivity contribution < 1.29 is 4.74 Å². The first-order valence-corrected chi connectivity index (χ1v) is 6.63. The molecule has 0 aliphatic rings. The minimum Gasteiger partial charge on any atom is -0.489 e. The molecular formula is C15H22ClNO. The SMILES string of the molecule is C=C(C)COc1ccc(Cl)cc1CNCC(C)C. The molecule has 1 aromatic rings. The molecule has 18 heavy (non-hydrogen) atoms. The van der Waals surface area contributed by atoms with Crippen LogP contribution in [0.15, 0.2) is 30.4 Å². The zero-order valence-electron chi connectivity index (χ0n) is 11.4. The molecule has 0 saturated carbocycles. The first-order chi connectivity index (χ1) is 8.49. The molecule has 1 rings (SSSR count). The Morgan fingerprint density at radius 3 is 2.78 bits per heavy atom. The second-order valence-corrected chi connectivity index (χ2v) is 5.46. The first kappa shape index (κ1) is 15.1. The molecular weight excluding hydrogens is 246 g/mol. The van der Waals surface area contributed by atoms with Crippen LogP contribution in [0.1, 0.15) is 26.3 Å². The van der Waals surface area contributed by atoms with E-state index in [4.69, 9.17) is 16.3 Å². The van der Waals surface area contributed by atoms with Crippen LogP contribution in [0.3, 0.4) is 0 Å². The number of hydrogen-bond donors (Lipinski definition) is 1. The van der Waals surface area contributed by atoms with Crippen molar-refractivity contribution in [3.05, 3.63) is 40.9 Å². The maximum absolute atomic E-state index is 6.02. The molecule has 100 valence electrons. The molecule has 0 radical (unpaired) electrons. The normalized spacial score (nSPS) is 10.7. The predicted octanol–water partition coefficient (Wildman–Crippen LogP) is 4.04. The lowest BCUT2D eigenvalue weighted by Crippen LogP contribution is -2.19. The summed E-state index contributed by atoms with van der Waals surface area (Å²) in [5.41, 5.74) is 2.09. The third-order valence-electron chi connectivity index (χ3n) is 2.36. The monoisotopic (exact) mass is 267 g/mol. The lowest BCUT2D eigenvalue weighted by atomic mass is 10.1. The molecule has 0 spiro atoms. The second-order valence-electron chi connectivity index (χ2n) is 5.02. The quantitative estimate of drug-likeness (QED) is 0.753. The predicted molar refractivity (Wildman–Crippen MR) is 78.3 cm³/mol. The average molecular weight is 268 g/mol. The topological polar surface area (TPSA) is 21.3 Å². The molecule has 0 aliphatic carbocycles. The summed E-state index contributed by atoms with van der Waals surface area (Å²) < 4.78 is 5.71. The molecule has 1 aromatic carbocycles. The molecule has 0 unspecified atom stereocenters. The van der Waals surface area contributed by atoms with Crippen LogP contribution in [0.4, 0.5) is 0 Å². The van der Waals surface area contributed by atoms with Gasteiger partial charge in [-0.3, -0.25) is 0 Å². The Hall–Kier alpha value is -0.990. The van der Waals surface area contributed by atoms with E-state index >= 15 is 0 Å². The number of hydrogen-bond acceptors (Lipinski definition) is 2. The van der Waals surface area contributed by atoms with Gasteiger partial charge in [0, 0.05) is 17.1 Å². The summed E-state index contributed by atoms with van der Waals surface area (Å²) in [6.45, 7) is 12.4. The van der Waals surface area contributed by atoms with Crippen molar-refractivity contribution in [1.29, 1.82) is 0 Å². The van der Waals surface area contributed by atoms with Gasteiger partial charge in [-0.05, 0) is 43.2 Å². The van der Waals surface area contributed by atoms with Gasteiger partial charge in [0.2, 0.25) is 0 Å². The van der Waals surface area contributed by atoms with E-state index in [-0.39, 0.29) is 0 Å². The molecule has 0 aliphatic heterocycles. The van der Waals surface area contributed by atoms with E-state index in [1.165, 1.54) is 0 Å². The lowest BCUT2D eigenvalue weighted by molar-refractivity contribution is 0.347. The van der Waals surface area contributed by atoms with Gasteiger partial charge in [-0.2, -0.15) is 0 Å². The van der Waals surface area contributed by atoms with E-state index in [1.807, 2.05) is 25.1 Å². The number of rotatable bonds is 7. The molecule has 3 heteroatoms. The highest BCUT2D eigenvalue weighted by Crippen LogP contribution is 2.23. The van der Waals surface area contributed by atoms with Gasteiger partial charge in [0.15, 0.2) is 0 Å². The Morgan fingerprint density at radius 1 is 1.44 bits per heavy atom. The minimum absolute atomic E-state index is 0.540. The van der Waals surface area contributed by atoms with Crippen LogP contribution < -0.4 is 10.1 Å². The zero-order valence-corrected chi connectivity index (χ0v) is 12.2. The first-order valence-electron chi connectivity index (χ1n) is 6.25. The largest absolute Gasteiger partial charge is 0.489 e. The van der Waals surface area contributed by atoms with E-state index in [0.29, 0.717) is 12.5 Å². The van der Waals surface area contributed by atoms with Crippen LogP contribution >= 0.6 is 11.6 Å². The smallest absolute Gasteiger partial charge is 0.124 e. The third kappa shape index (κ3) is 5.56. The summed E-state index contributed by atoms with van der Waals surface area (Å²) in [5.74, 6) is 1.50. The van der Waals surface area contributed by atoms with Crippen LogP contribution in [-0.2, 0) is 6.54 Å². The Kier molecular flexibility index (Phi) is 6.23. The third-order valence-corrected chi connectivity index (χ3v) is 2.60. The molecule has 0 fully saturated rings. The molecule has 0 saturated heterocycles. The summed E-state index contributed by atoms with van der Waals surface area (Å²) >= 11 is 6.02. The van der Waals surface area contributed by atoms with E-state index in [1.54, 1.807) is 0 Å². The van der Waals surface area contributed by atoms with Gasteiger partial charge in [-0.1, -0.05) is 32.0 Å². The van der Waals surface area contributed by atoms with Crippen molar-refractivity contribution >= 4 is 11.6 Å². The average Bonchev–Trinajstić information content (AvgIpc) is 2.27. The fourth-order valence-electron chi connectivity index (χ4n) is 1.52. The van der Waals surface area contributed by atoms with E-state index in [2.05, 4.69) is 25.7 Å². The number of nitrogens with one attached hydrogen (secondary N) is 1. The van der Waals surface area contributed by atoms with Gasteiger partial charge in [0.25, 0.3) is 0 Å². The van der Waals surface area contributed by atoms with Crippen molar-refractivity contribution in [1.82, 2.24) is 5.32 Å². The van der Waals surface area contributed by atoms with Crippen molar-refractivity contribution in [2.75, 3.05) is 13.2 Å². The van der Waals surface area contributed by atoms with Crippen molar-refractivity contribution in [2.24, 2.45) is 5.92 Å². The molecule has 0 amide bonds. The van der Waals surface area contributed by atoms with Crippen LogP contribution in [-0.4, -0.2) is 13.2 Å². The molecule has 2 nitrogen and oxygen atoms in total. The molecule has 0 aromatic heterocycles. The molecule has 0 heterocycles. The molecule has 0 bridgehead atoms. The zero-order chi connectivity index (χ0) is 13.5. The highest BCUT2D eigenvalue weighted by Gasteiger charge is 2.05. The summed E-state index contributed by atoms with van der Waals surface area (Å²) in [4.78, 5) is 0. The van der Waals surface area contributed by atoms with E-state index < -0.39 is 0 Å². The van der Waals surface area contributed by atoms with Gasteiger partial charge >= 0.3 is 0 Å². The highest BCUT2D eigenvalue weighted by atomic mass is 35.5. The van der Waals surface area contributed by atoms with Crippen LogP contribution in [0, 0.1) is 5.92 Å². The summed E-state index contributed by atoms with van der Waals surface area (Å²) in [6, 6.07) is 5.71. The maximum Gasteiger partial charge on any atom is 0.124 e. The number of halogens is 1. The lowest BCUT2D eigenvalue weighted by Gasteiger charge is -2.13. The van der Waals surface area contributed by atoms with E-state index in [9.17, 15) is 0 Å². The van der Waals surface area contributed by atoms with Crippen molar-refractivity contribution in [3.63, 3.8) is 0 Å².